The number of benzene rings is 9. The second-order valence-corrected chi connectivity index (χ2v) is 77.6. The van der Waals surface area contributed by atoms with Crippen molar-refractivity contribution in [2.75, 3.05) is 41.0 Å². The van der Waals surface area contributed by atoms with Crippen molar-refractivity contribution < 1.29 is 74.7 Å². The van der Waals surface area contributed by atoms with Gasteiger partial charge in [-0.1, -0.05) is 400 Å². The normalized spacial score (nSPS) is 18.0. The molecule has 11 rings (SSSR count). The lowest BCUT2D eigenvalue weighted by Gasteiger charge is -2.45. The number of ether oxygens (including phenoxy) is 10. The number of rotatable bonds is 45. The summed E-state index contributed by atoms with van der Waals surface area (Å²) in [5.41, 5.74) is 6.13. The number of esters is 2. The Hall–Kier alpha value is -8.01. The van der Waals surface area contributed by atoms with Crippen molar-refractivity contribution in [2.45, 2.75) is 341 Å². The summed E-state index contributed by atoms with van der Waals surface area (Å²) in [5.74, 6) is -1.71. The monoisotopic (exact) mass is 2100 g/mol. The minimum Gasteiger partial charge on any atom is -0.467 e. The molecular formula is C122H178O16SSi6. The van der Waals surface area contributed by atoms with Crippen molar-refractivity contribution >= 4 is 99.9 Å². The van der Waals surface area contributed by atoms with Crippen LogP contribution < -0.4 is 30.2 Å². The van der Waals surface area contributed by atoms with Gasteiger partial charge in [-0.25, -0.2) is 9.59 Å². The van der Waals surface area contributed by atoms with Crippen LogP contribution in [-0.4, -0.2) is 163 Å². The summed E-state index contributed by atoms with van der Waals surface area (Å²) < 4.78 is 93.0. The average molecular weight is 2100 g/mol. The molecule has 0 aliphatic carbocycles. The third kappa shape index (κ3) is 32.8. The molecule has 0 N–H and O–H groups in total. The van der Waals surface area contributed by atoms with E-state index in [0.717, 1.165) is 44.8 Å². The Morgan fingerprint density at radius 3 is 1.11 bits per heavy atom. The molecule has 2 fully saturated rings. The Morgan fingerprint density at radius 2 is 0.745 bits per heavy atom. The Balaban J connectivity index is 0.000000351. The van der Waals surface area contributed by atoms with E-state index >= 15 is 0 Å². The van der Waals surface area contributed by atoms with Crippen LogP contribution >= 0.6 is 11.8 Å². The molecule has 0 saturated carbocycles. The number of carbonyl (C=O) groups excluding carboxylic acids is 2. The van der Waals surface area contributed by atoms with Crippen molar-refractivity contribution in [1.29, 1.82) is 0 Å². The summed E-state index contributed by atoms with van der Waals surface area (Å²) in [5, 5.41) is 4.32. The van der Waals surface area contributed by atoms with E-state index in [9.17, 15) is 9.59 Å². The summed E-state index contributed by atoms with van der Waals surface area (Å²) >= 11 is 1.74. The van der Waals surface area contributed by atoms with Gasteiger partial charge in [0.1, 0.15) is 34.8 Å². The first-order chi connectivity index (χ1) is 67.1. The zero-order valence-electron chi connectivity index (χ0n) is 92.1. The fourth-order valence-electron chi connectivity index (χ4n) is 18.1. The number of hydrogen-bond donors (Lipinski definition) is 0. The molecule has 0 amide bonds. The summed E-state index contributed by atoms with van der Waals surface area (Å²) in [7, 11) is -10.2. The number of thioether (sulfide) groups is 1. The fourth-order valence-corrected chi connectivity index (χ4v) is 32.9. The highest BCUT2D eigenvalue weighted by Gasteiger charge is 2.55. The Bertz CT molecular complexity index is 5470. The van der Waals surface area contributed by atoms with Gasteiger partial charge < -0.3 is 65.1 Å². The van der Waals surface area contributed by atoms with Gasteiger partial charge in [0.2, 0.25) is 0 Å². The third-order valence-electron chi connectivity index (χ3n) is 28.4. The first kappa shape index (κ1) is 122. The zero-order valence-corrected chi connectivity index (χ0v) is 99.0. The lowest BCUT2D eigenvalue weighted by Crippen LogP contribution is -2.67. The minimum absolute atomic E-state index is 0. The average Bonchev–Trinajstić information content (AvgIpc) is 1.31. The molecular weight excluding hydrogens is 1920 g/mol. The van der Waals surface area contributed by atoms with Crippen molar-refractivity contribution in [1.82, 2.24) is 0 Å². The van der Waals surface area contributed by atoms with Crippen LogP contribution in [0, 0.1) is 11.8 Å². The van der Waals surface area contributed by atoms with E-state index in [-0.39, 0.29) is 90.1 Å². The lowest BCUT2D eigenvalue weighted by atomic mass is 9.89. The van der Waals surface area contributed by atoms with E-state index in [1.165, 1.54) is 20.7 Å². The van der Waals surface area contributed by atoms with Gasteiger partial charge in [-0.15, -0.1) is 11.8 Å². The van der Waals surface area contributed by atoms with Crippen molar-refractivity contribution in [3.63, 3.8) is 0 Å². The van der Waals surface area contributed by atoms with E-state index in [2.05, 4.69) is 370 Å². The van der Waals surface area contributed by atoms with Gasteiger partial charge in [0.05, 0.1) is 37.6 Å². The minimum atomic E-state index is -2.84. The van der Waals surface area contributed by atoms with Gasteiger partial charge in [-0.05, 0) is 204 Å². The summed E-state index contributed by atoms with van der Waals surface area (Å²) in [4.78, 5) is 30.1. The van der Waals surface area contributed by atoms with E-state index in [1.807, 2.05) is 107 Å². The van der Waals surface area contributed by atoms with Gasteiger partial charge >= 0.3 is 11.9 Å². The molecule has 9 aromatic rings. The molecule has 9 aromatic carbocycles. The predicted octanol–water partition coefficient (Wildman–Crippen LogP) is 30.1. The predicted molar refractivity (Wildman–Crippen MR) is 622 cm³/mol. The highest BCUT2D eigenvalue weighted by atomic mass is 32.2. The third-order valence-corrected chi connectivity index (χ3v) is 52.3. The molecule has 0 spiro atoms. The highest BCUT2D eigenvalue weighted by molar-refractivity contribution is 7.99. The molecule has 0 bridgehead atoms. The first-order valence-electron chi connectivity index (χ1n) is 51.5. The molecule has 16 nitrogen and oxygen atoms in total. The second-order valence-electron chi connectivity index (χ2n) is 47.1. The molecule has 2 heterocycles. The number of hydrogen-bond acceptors (Lipinski definition) is 17. The standard InChI is InChI=1S/C63H88O8SSi3.C57H82O8Si3.2CH4/c1-46(47(2)70-75(62(6,7)8,50-33-25-19-26-34-50)51-35-27-20-28-36-51)37-39-55(71-74(15,16)61(3,4)5)59-54(68-63(9,10)69-59)41-42-56(72-49-31-23-18-24-32-49)57-52(48-29-21-17-22-30-48)38-40-53(67-45-65-11)58(57)60(64)66-43-44-73(12,13)14;1-42(43(2)64-68(56(6,7)8,45-29-22-18-23-30-45)46-31-24-19-25-32-46)35-37-51(65-67(15,16)55(3,4)5)53-50(62-57(9,10)63-53)34-26-33-48-47(44-27-20-17-21-28-44)36-38-49(61-41-59-11)52(48)54(58)60-39-40-66(12,13)14;;/h17-40,46-47,54-56,59H,41-45H2,1-16H3;17-33,35-38,42-43,50-51,53H,34,39-41H2,1-16H3;2*1H4/b39-37-;33-26+,37-35-;;/t46-,47-,54+,55?,56?,59+;42-,43-,50+,51?,53+;;/m11../s1. The maximum absolute atomic E-state index is 14.8. The van der Waals surface area contributed by atoms with Gasteiger partial charge in [-0.2, -0.15) is 0 Å². The summed E-state index contributed by atoms with van der Waals surface area (Å²) in [6.07, 6.45) is 12.1. The van der Waals surface area contributed by atoms with Crippen LogP contribution in [0.15, 0.2) is 272 Å². The smallest absolute Gasteiger partial charge is 0.342 e. The molecule has 2 aliphatic rings. The maximum atomic E-state index is 14.8. The maximum Gasteiger partial charge on any atom is 0.342 e. The van der Waals surface area contributed by atoms with Crippen molar-refractivity contribution in [2.24, 2.45) is 11.8 Å². The van der Waals surface area contributed by atoms with Crippen LogP contribution in [0.25, 0.3) is 28.3 Å². The molecule has 0 radical (unpaired) electrons. The Labute approximate surface area is 884 Å². The van der Waals surface area contributed by atoms with E-state index in [1.54, 1.807) is 26.0 Å². The highest BCUT2D eigenvalue weighted by Crippen LogP contribution is 2.51. The number of carbonyl (C=O) groups is 2. The lowest BCUT2D eigenvalue weighted by molar-refractivity contribution is -0.152. The largest absolute Gasteiger partial charge is 0.467 e. The topological polar surface area (TPSA) is 163 Å². The molecule has 23 heteroatoms. The van der Waals surface area contributed by atoms with Gasteiger partial charge in [0, 0.05) is 58.3 Å². The molecule has 11 atom stereocenters. The molecule has 792 valence electrons. The SMILES string of the molecule is C.C.COCOc1ccc(-c2ccccc2)c(/C=C/C[C@@H]2OC(C)(C)O[C@@H]2C(/C=C\[C@@H](C)[C@@H](C)O[Si](c2ccccc2)(c2ccccc2)C(C)(C)C)O[Si](C)(C)C(C)(C)C)c1C(=O)OCC[Si](C)(C)C.COCOc1ccc(-c2ccccc2)c(C(CC[C@@H]2OC(C)(C)O[C@@H]2C(/C=C\[C@@H](C)[C@@H](C)O[Si](c2ccccc2)(c2ccccc2)C(C)(C)C)O[Si](C)(C)C(C)(C)C)Sc2ccccc2)c1C(=O)OCC[Si](C)(C)C. The Kier molecular flexibility index (Phi) is 44.4. The van der Waals surface area contributed by atoms with Crippen molar-refractivity contribution in [3.05, 3.63) is 289 Å². The summed E-state index contributed by atoms with van der Waals surface area (Å²) in [6, 6.07) is 83.6. The molecule has 0 aromatic heterocycles. The molecule has 2 saturated heterocycles. The van der Waals surface area contributed by atoms with Crippen LogP contribution in [0.1, 0.15) is 210 Å². The Morgan fingerprint density at radius 1 is 0.407 bits per heavy atom. The fraction of sp³-hybridized carbons (Fsp3) is 0.492. The van der Waals surface area contributed by atoms with Crippen LogP contribution in [0.5, 0.6) is 11.5 Å². The van der Waals surface area contributed by atoms with Crippen LogP contribution in [-0.2, 0) is 55.6 Å². The zero-order chi connectivity index (χ0) is 105. The second kappa shape index (κ2) is 52.6. The van der Waals surface area contributed by atoms with Gasteiger partial charge in [-0.3, -0.25) is 0 Å². The molecule has 3 unspecified atom stereocenters. The van der Waals surface area contributed by atoms with Crippen molar-refractivity contribution in [3.8, 4) is 33.8 Å². The van der Waals surface area contributed by atoms with Gasteiger partial charge in [0.15, 0.2) is 41.8 Å². The van der Waals surface area contributed by atoms with Crippen LogP contribution in [0.3, 0.4) is 0 Å². The van der Waals surface area contributed by atoms with E-state index in [0.29, 0.717) is 60.7 Å². The molecule has 145 heavy (non-hydrogen) atoms. The van der Waals surface area contributed by atoms with Gasteiger partial charge in [0.25, 0.3) is 16.6 Å². The first-order valence-corrected chi connectivity index (χ1v) is 69.4. The number of methoxy groups -OCH3 is 2. The van der Waals surface area contributed by atoms with E-state index < -0.39 is 97.3 Å². The van der Waals surface area contributed by atoms with E-state index in [4.69, 9.17) is 65.1 Å². The summed E-state index contributed by atoms with van der Waals surface area (Å²) in [6.45, 7) is 68.0. The van der Waals surface area contributed by atoms with Crippen LogP contribution in [0.2, 0.25) is 97.7 Å². The quantitative estimate of drug-likeness (QED) is 0.0116. The van der Waals surface area contributed by atoms with Crippen LogP contribution in [0.4, 0.5) is 0 Å². The molecule has 2 aliphatic heterocycles.